The van der Waals surface area contributed by atoms with Crippen LogP contribution in [-0.4, -0.2) is 24.1 Å². The summed E-state index contributed by atoms with van der Waals surface area (Å²) < 4.78 is 10.8. The number of benzene rings is 2. The lowest BCUT2D eigenvalue weighted by Gasteiger charge is -2.29. The number of halogens is 2. The molecule has 2 aliphatic rings. The molecule has 6 heteroatoms. The predicted octanol–water partition coefficient (Wildman–Crippen LogP) is 3.92. The summed E-state index contributed by atoms with van der Waals surface area (Å²) in [5, 5.41) is 0.891. The van der Waals surface area contributed by atoms with Crippen molar-refractivity contribution < 1.29 is 14.3 Å². The summed E-state index contributed by atoms with van der Waals surface area (Å²) >= 11 is 12.0. The summed E-state index contributed by atoms with van der Waals surface area (Å²) in [6.07, 6.45) is 0.781. The van der Waals surface area contributed by atoms with Crippen molar-refractivity contribution in [3.8, 4) is 11.5 Å². The number of rotatable bonds is 1. The van der Waals surface area contributed by atoms with Gasteiger partial charge in [0.1, 0.15) is 0 Å². The lowest BCUT2D eigenvalue weighted by atomic mass is 9.98. The van der Waals surface area contributed by atoms with Crippen LogP contribution in [0, 0.1) is 0 Å². The summed E-state index contributed by atoms with van der Waals surface area (Å²) in [6, 6.07) is 8.90. The lowest BCUT2D eigenvalue weighted by molar-refractivity contribution is 0.0734. The fraction of sp³-hybridized carbons (Fsp3) is 0.235. The summed E-state index contributed by atoms with van der Waals surface area (Å²) in [5.74, 6) is 1.43. The van der Waals surface area contributed by atoms with Crippen LogP contribution in [0.1, 0.15) is 21.5 Å². The Morgan fingerprint density at radius 3 is 2.52 bits per heavy atom. The quantitative estimate of drug-likeness (QED) is 0.783. The van der Waals surface area contributed by atoms with E-state index in [9.17, 15) is 4.79 Å². The zero-order valence-corrected chi connectivity index (χ0v) is 13.7. The predicted molar refractivity (Wildman–Crippen MR) is 87.5 cm³/mol. The second-order valence-corrected chi connectivity index (χ2v) is 6.42. The van der Waals surface area contributed by atoms with Crippen molar-refractivity contribution in [2.24, 2.45) is 0 Å². The molecule has 2 aliphatic heterocycles. The number of ether oxygens (including phenoxy) is 2. The maximum Gasteiger partial charge on any atom is 0.255 e. The largest absolute Gasteiger partial charge is 0.454 e. The molecule has 0 fully saturated rings. The fourth-order valence-corrected chi connectivity index (χ4v) is 3.44. The Balaban J connectivity index is 1.61. The van der Waals surface area contributed by atoms with Gasteiger partial charge in [0.15, 0.2) is 11.5 Å². The molecule has 2 heterocycles. The smallest absolute Gasteiger partial charge is 0.255 e. The molecule has 0 saturated heterocycles. The fourth-order valence-electron chi connectivity index (χ4n) is 2.95. The number of nitrogens with zero attached hydrogens (tertiary/aromatic N) is 1. The van der Waals surface area contributed by atoms with Gasteiger partial charge in [0.05, 0.1) is 10.6 Å². The Bertz CT molecular complexity index is 807. The SMILES string of the molecule is O=C(c1ccc(Cl)cc1Cl)N1CCc2cc3c(cc2C1)OCO3. The number of hydrogen-bond donors (Lipinski definition) is 0. The van der Waals surface area contributed by atoms with Gasteiger partial charge in [0.25, 0.3) is 5.91 Å². The molecule has 0 N–H and O–H groups in total. The van der Waals surface area contributed by atoms with Crippen LogP contribution >= 0.6 is 23.2 Å². The second kappa shape index (κ2) is 5.62. The van der Waals surface area contributed by atoms with Crippen molar-refractivity contribution in [3.05, 3.63) is 57.1 Å². The highest BCUT2D eigenvalue weighted by molar-refractivity contribution is 6.36. The van der Waals surface area contributed by atoms with Crippen molar-refractivity contribution >= 4 is 29.1 Å². The third-order valence-corrected chi connectivity index (χ3v) is 4.70. The first-order valence-electron chi connectivity index (χ1n) is 7.27. The first kappa shape index (κ1) is 14.7. The zero-order valence-electron chi connectivity index (χ0n) is 12.1. The highest BCUT2D eigenvalue weighted by Gasteiger charge is 2.26. The average Bonchev–Trinajstić information content (AvgIpc) is 2.98. The molecule has 0 radical (unpaired) electrons. The van der Waals surface area contributed by atoms with E-state index in [-0.39, 0.29) is 12.7 Å². The Morgan fingerprint density at radius 1 is 1.04 bits per heavy atom. The third kappa shape index (κ3) is 2.62. The average molecular weight is 350 g/mol. The van der Waals surface area contributed by atoms with Gasteiger partial charge in [0, 0.05) is 18.1 Å². The minimum absolute atomic E-state index is 0.0880. The minimum atomic E-state index is -0.0880. The van der Waals surface area contributed by atoms with E-state index in [1.54, 1.807) is 23.1 Å². The van der Waals surface area contributed by atoms with Crippen LogP contribution in [0.3, 0.4) is 0 Å². The molecule has 2 aromatic rings. The molecule has 4 nitrogen and oxygen atoms in total. The Morgan fingerprint density at radius 2 is 1.78 bits per heavy atom. The van der Waals surface area contributed by atoms with Gasteiger partial charge < -0.3 is 14.4 Å². The molecule has 0 spiro atoms. The van der Waals surface area contributed by atoms with Gasteiger partial charge in [0.2, 0.25) is 6.79 Å². The summed E-state index contributed by atoms with van der Waals surface area (Å²) in [4.78, 5) is 14.5. The summed E-state index contributed by atoms with van der Waals surface area (Å²) in [7, 11) is 0. The van der Waals surface area contributed by atoms with E-state index in [4.69, 9.17) is 32.7 Å². The van der Waals surface area contributed by atoms with Crippen LogP contribution in [0.5, 0.6) is 11.5 Å². The van der Waals surface area contributed by atoms with Crippen molar-refractivity contribution in [1.82, 2.24) is 4.90 Å². The highest BCUT2D eigenvalue weighted by Crippen LogP contribution is 2.37. The molecule has 23 heavy (non-hydrogen) atoms. The summed E-state index contributed by atoms with van der Waals surface area (Å²) in [5.41, 5.74) is 2.75. The zero-order chi connectivity index (χ0) is 16.0. The number of carbonyl (C=O) groups excluding carboxylic acids is 1. The Hall–Kier alpha value is -1.91. The van der Waals surface area contributed by atoms with Crippen LogP contribution in [0.15, 0.2) is 30.3 Å². The van der Waals surface area contributed by atoms with Gasteiger partial charge in [-0.1, -0.05) is 23.2 Å². The molecule has 1 amide bonds. The third-order valence-electron chi connectivity index (χ3n) is 4.16. The van der Waals surface area contributed by atoms with E-state index >= 15 is 0 Å². The van der Waals surface area contributed by atoms with Crippen LogP contribution < -0.4 is 9.47 Å². The molecule has 0 aliphatic carbocycles. The highest BCUT2D eigenvalue weighted by atomic mass is 35.5. The number of carbonyl (C=O) groups is 1. The molecular formula is C17H13Cl2NO3. The van der Waals surface area contributed by atoms with Gasteiger partial charge in [-0.15, -0.1) is 0 Å². The van der Waals surface area contributed by atoms with Crippen molar-refractivity contribution in [2.45, 2.75) is 13.0 Å². The van der Waals surface area contributed by atoms with Crippen molar-refractivity contribution in [1.29, 1.82) is 0 Å². The maximum atomic E-state index is 12.7. The lowest BCUT2D eigenvalue weighted by Crippen LogP contribution is -2.36. The van der Waals surface area contributed by atoms with E-state index in [1.165, 1.54) is 5.56 Å². The van der Waals surface area contributed by atoms with E-state index < -0.39 is 0 Å². The summed E-state index contributed by atoms with van der Waals surface area (Å²) in [6.45, 7) is 1.43. The van der Waals surface area contributed by atoms with Crippen LogP contribution in [0.25, 0.3) is 0 Å². The van der Waals surface area contributed by atoms with Crippen molar-refractivity contribution in [3.63, 3.8) is 0 Å². The molecule has 2 aromatic carbocycles. The van der Waals surface area contributed by atoms with E-state index in [1.807, 2.05) is 12.1 Å². The number of amides is 1. The monoisotopic (exact) mass is 349 g/mol. The molecule has 0 saturated carbocycles. The molecule has 4 rings (SSSR count). The molecule has 0 bridgehead atoms. The van der Waals surface area contributed by atoms with Gasteiger partial charge in [-0.25, -0.2) is 0 Å². The van der Waals surface area contributed by atoms with Gasteiger partial charge in [-0.05, 0) is 47.9 Å². The first-order chi connectivity index (χ1) is 11.1. The van der Waals surface area contributed by atoms with E-state index in [2.05, 4.69) is 0 Å². The second-order valence-electron chi connectivity index (χ2n) is 5.58. The van der Waals surface area contributed by atoms with Crippen LogP contribution in [0.2, 0.25) is 10.0 Å². The van der Waals surface area contributed by atoms with Gasteiger partial charge >= 0.3 is 0 Å². The van der Waals surface area contributed by atoms with E-state index in [0.717, 1.165) is 23.5 Å². The van der Waals surface area contributed by atoms with Crippen LogP contribution in [0.4, 0.5) is 0 Å². The molecular weight excluding hydrogens is 337 g/mol. The van der Waals surface area contributed by atoms with E-state index in [0.29, 0.717) is 28.7 Å². The normalized spacial score (nSPS) is 15.5. The number of hydrogen-bond acceptors (Lipinski definition) is 3. The standard InChI is InChI=1S/C17H13Cl2NO3/c18-12-1-2-13(14(19)7-12)17(21)20-4-3-10-5-15-16(23-9-22-15)6-11(10)8-20/h1-2,5-7H,3-4,8-9H2. The Kier molecular flexibility index (Phi) is 3.58. The van der Waals surface area contributed by atoms with Gasteiger partial charge in [-0.2, -0.15) is 0 Å². The number of fused-ring (bicyclic) bond motifs is 2. The molecule has 0 unspecified atom stereocenters. The van der Waals surface area contributed by atoms with Crippen LogP contribution in [-0.2, 0) is 13.0 Å². The Labute approximate surface area is 143 Å². The maximum absolute atomic E-state index is 12.7. The topological polar surface area (TPSA) is 38.8 Å². The molecule has 0 aromatic heterocycles. The molecule has 118 valence electrons. The first-order valence-corrected chi connectivity index (χ1v) is 8.03. The minimum Gasteiger partial charge on any atom is -0.454 e. The van der Waals surface area contributed by atoms with Crippen molar-refractivity contribution in [2.75, 3.05) is 13.3 Å². The molecule has 0 atom stereocenters. The van der Waals surface area contributed by atoms with Gasteiger partial charge in [-0.3, -0.25) is 4.79 Å².